The standard InChI is InChI=1S/C10H14N6O5/c11-9-14-6-5(7(19)16(9)12)13-10(20)15(6)8-4(18)1-3(2-17)21-8/h3-4,8,17-18H,1-2,12H2,(H2,11,14)(H,13,20)/t3-,4-,8+/m0/s1. The van der Waals surface area contributed by atoms with Crippen LogP contribution in [0, 0.1) is 0 Å². The molecule has 3 heterocycles. The molecule has 1 aliphatic heterocycles. The summed E-state index contributed by atoms with van der Waals surface area (Å²) in [5.74, 6) is 5.12. The zero-order valence-corrected chi connectivity index (χ0v) is 10.8. The Hall–Kier alpha value is -2.37. The summed E-state index contributed by atoms with van der Waals surface area (Å²) in [6, 6.07) is 0. The second kappa shape index (κ2) is 4.58. The van der Waals surface area contributed by atoms with E-state index in [0.29, 0.717) is 4.68 Å². The van der Waals surface area contributed by atoms with Crippen molar-refractivity contribution >= 4 is 17.1 Å². The molecular weight excluding hydrogens is 284 g/mol. The molecule has 7 N–H and O–H groups in total. The van der Waals surface area contributed by atoms with E-state index in [9.17, 15) is 14.7 Å². The molecule has 1 saturated heterocycles. The molecular formula is C10H14N6O5. The summed E-state index contributed by atoms with van der Waals surface area (Å²) in [5, 5.41) is 19.0. The Morgan fingerprint density at radius 2 is 2.19 bits per heavy atom. The Morgan fingerprint density at radius 3 is 2.81 bits per heavy atom. The number of aromatic amines is 1. The van der Waals surface area contributed by atoms with Crippen molar-refractivity contribution in [3.8, 4) is 0 Å². The lowest BCUT2D eigenvalue weighted by Crippen LogP contribution is -2.31. The second-order valence-corrected chi connectivity index (χ2v) is 4.78. The van der Waals surface area contributed by atoms with E-state index in [-0.39, 0.29) is 30.1 Å². The molecule has 0 aliphatic carbocycles. The summed E-state index contributed by atoms with van der Waals surface area (Å²) >= 11 is 0. The third-order valence-corrected chi connectivity index (χ3v) is 3.43. The van der Waals surface area contributed by atoms with Gasteiger partial charge in [-0.05, 0) is 0 Å². The van der Waals surface area contributed by atoms with Crippen LogP contribution in [0.15, 0.2) is 9.59 Å². The van der Waals surface area contributed by atoms with E-state index >= 15 is 0 Å². The van der Waals surface area contributed by atoms with Crippen molar-refractivity contribution in [2.75, 3.05) is 18.2 Å². The van der Waals surface area contributed by atoms with Crippen molar-refractivity contribution in [1.82, 2.24) is 19.2 Å². The minimum absolute atomic E-state index is 0.0631. The van der Waals surface area contributed by atoms with Crippen LogP contribution in [0.3, 0.4) is 0 Å². The molecule has 0 radical (unpaired) electrons. The maximum absolute atomic E-state index is 12.0. The average molecular weight is 298 g/mol. The predicted molar refractivity (Wildman–Crippen MR) is 70.8 cm³/mol. The molecule has 1 fully saturated rings. The van der Waals surface area contributed by atoms with Gasteiger partial charge in [0.05, 0.1) is 12.7 Å². The fourth-order valence-corrected chi connectivity index (χ4v) is 2.40. The van der Waals surface area contributed by atoms with Gasteiger partial charge in [-0.25, -0.2) is 9.36 Å². The summed E-state index contributed by atoms with van der Waals surface area (Å²) in [6.45, 7) is -0.296. The lowest BCUT2D eigenvalue weighted by Gasteiger charge is -2.15. The highest BCUT2D eigenvalue weighted by atomic mass is 16.5. The first-order valence-corrected chi connectivity index (χ1v) is 6.16. The van der Waals surface area contributed by atoms with Crippen LogP contribution in [0.1, 0.15) is 12.6 Å². The molecule has 0 spiro atoms. The summed E-state index contributed by atoms with van der Waals surface area (Å²) in [5.41, 5.74) is 3.89. The van der Waals surface area contributed by atoms with Gasteiger partial charge >= 0.3 is 5.69 Å². The molecule has 0 saturated carbocycles. The van der Waals surface area contributed by atoms with Crippen LogP contribution >= 0.6 is 0 Å². The van der Waals surface area contributed by atoms with Crippen LogP contribution in [0.25, 0.3) is 11.2 Å². The highest BCUT2D eigenvalue weighted by molar-refractivity contribution is 5.71. The first-order valence-electron chi connectivity index (χ1n) is 6.16. The maximum atomic E-state index is 12.0. The van der Waals surface area contributed by atoms with Gasteiger partial charge in [-0.15, -0.1) is 0 Å². The largest absolute Gasteiger partial charge is 0.394 e. The lowest BCUT2D eigenvalue weighted by molar-refractivity contribution is -0.0502. The average Bonchev–Trinajstić information content (AvgIpc) is 2.96. The minimum atomic E-state index is -1.07. The van der Waals surface area contributed by atoms with Gasteiger partial charge in [0.15, 0.2) is 17.4 Å². The van der Waals surface area contributed by atoms with Gasteiger partial charge in [0.1, 0.15) is 6.10 Å². The fourth-order valence-electron chi connectivity index (χ4n) is 2.40. The molecule has 2 aromatic heterocycles. The minimum Gasteiger partial charge on any atom is -0.394 e. The van der Waals surface area contributed by atoms with Crippen LogP contribution in [-0.2, 0) is 4.74 Å². The molecule has 11 heteroatoms. The Morgan fingerprint density at radius 1 is 1.48 bits per heavy atom. The molecule has 3 rings (SSSR count). The van der Waals surface area contributed by atoms with Gasteiger partial charge in [-0.3, -0.25) is 9.78 Å². The molecule has 1 aliphatic rings. The number of anilines is 1. The summed E-state index contributed by atoms with van der Waals surface area (Å²) in [6.07, 6.45) is -2.54. The van der Waals surface area contributed by atoms with Crippen LogP contribution in [0.4, 0.5) is 5.95 Å². The number of nitrogens with zero attached hydrogens (tertiary/aromatic N) is 3. The molecule has 114 valence electrons. The third-order valence-electron chi connectivity index (χ3n) is 3.43. The van der Waals surface area contributed by atoms with Gasteiger partial charge in [0.2, 0.25) is 5.95 Å². The number of aliphatic hydroxyl groups excluding tert-OH is 2. The molecule has 0 bridgehead atoms. The fraction of sp³-hybridized carbons (Fsp3) is 0.500. The summed E-state index contributed by atoms with van der Waals surface area (Å²) in [4.78, 5) is 30.1. The van der Waals surface area contributed by atoms with Crippen LogP contribution < -0.4 is 22.8 Å². The summed E-state index contributed by atoms with van der Waals surface area (Å²) in [7, 11) is 0. The number of hydrogen-bond donors (Lipinski definition) is 5. The Labute approximate surface area is 116 Å². The van der Waals surface area contributed by atoms with Crippen LogP contribution in [0.2, 0.25) is 0 Å². The number of aromatic nitrogens is 4. The number of H-pyrrole nitrogens is 1. The predicted octanol–water partition coefficient (Wildman–Crippen LogP) is -3.18. The van der Waals surface area contributed by atoms with Gasteiger partial charge < -0.3 is 26.5 Å². The number of nitrogens with two attached hydrogens (primary N) is 2. The van der Waals surface area contributed by atoms with Crippen molar-refractivity contribution in [2.24, 2.45) is 0 Å². The second-order valence-electron chi connectivity index (χ2n) is 4.78. The van der Waals surface area contributed by atoms with E-state index in [0.717, 1.165) is 4.57 Å². The monoisotopic (exact) mass is 298 g/mol. The SMILES string of the molecule is Nc1nc2c([nH]c(=O)n2[C@@H]2O[C@H](CO)C[C@@H]2O)c(=O)n1N. The van der Waals surface area contributed by atoms with E-state index in [2.05, 4.69) is 9.97 Å². The van der Waals surface area contributed by atoms with Crippen LogP contribution in [0.5, 0.6) is 0 Å². The number of nitrogen functional groups attached to an aromatic ring is 2. The molecule has 3 atom stereocenters. The Kier molecular flexibility index (Phi) is 2.97. The molecule has 0 amide bonds. The van der Waals surface area contributed by atoms with Gasteiger partial charge in [0.25, 0.3) is 5.56 Å². The number of imidazole rings is 1. The van der Waals surface area contributed by atoms with E-state index in [1.54, 1.807) is 0 Å². The van der Waals surface area contributed by atoms with Crippen molar-refractivity contribution in [2.45, 2.75) is 24.9 Å². The number of nitrogens with one attached hydrogen (secondary N) is 1. The van der Waals surface area contributed by atoms with E-state index in [1.165, 1.54) is 0 Å². The normalized spacial score (nSPS) is 25.7. The molecule has 0 unspecified atom stereocenters. The lowest BCUT2D eigenvalue weighted by atomic mass is 10.2. The van der Waals surface area contributed by atoms with Crippen molar-refractivity contribution in [3.63, 3.8) is 0 Å². The Balaban J connectivity index is 2.22. The quantitative estimate of drug-likeness (QED) is 0.361. The van der Waals surface area contributed by atoms with Gasteiger partial charge in [-0.1, -0.05) is 0 Å². The van der Waals surface area contributed by atoms with E-state index in [4.69, 9.17) is 21.4 Å². The van der Waals surface area contributed by atoms with E-state index in [1.807, 2.05) is 0 Å². The first kappa shape index (κ1) is 13.6. The van der Waals surface area contributed by atoms with Crippen molar-refractivity contribution in [3.05, 3.63) is 20.8 Å². The first-order chi connectivity index (χ1) is 9.93. The number of fused-ring (bicyclic) bond motifs is 1. The number of rotatable bonds is 2. The number of aliphatic hydroxyl groups is 2. The summed E-state index contributed by atoms with van der Waals surface area (Å²) < 4.78 is 6.98. The Bertz CT molecular complexity index is 807. The topological polar surface area (TPSA) is 174 Å². The van der Waals surface area contributed by atoms with Gasteiger partial charge in [-0.2, -0.15) is 9.66 Å². The molecule has 0 aromatic carbocycles. The maximum Gasteiger partial charge on any atom is 0.330 e. The zero-order chi connectivity index (χ0) is 15.3. The molecule has 11 nitrogen and oxygen atoms in total. The van der Waals surface area contributed by atoms with Crippen molar-refractivity contribution < 1.29 is 14.9 Å². The van der Waals surface area contributed by atoms with Crippen LogP contribution in [-0.4, -0.2) is 48.2 Å². The highest BCUT2D eigenvalue weighted by Crippen LogP contribution is 2.29. The molecule has 21 heavy (non-hydrogen) atoms. The molecule has 2 aromatic rings. The highest BCUT2D eigenvalue weighted by Gasteiger charge is 2.37. The zero-order valence-electron chi connectivity index (χ0n) is 10.8. The van der Waals surface area contributed by atoms with Gasteiger partial charge in [0, 0.05) is 6.42 Å². The van der Waals surface area contributed by atoms with E-state index < -0.39 is 29.7 Å². The number of ether oxygens (including phenoxy) is 1. The van der Waals surface area contributed by atoms with Crippen molar-refractivity contribution in [1.29, 1.82) is 0 Å². The third kappa shape index (κ3) is 1.90. The smallest absolute Gasteiger partial charge is 0.330 e. The number of hydrogen-bond acceptors (Lipinski definition) is 8.